The number of aliphatic hydroxyl groups is 2. The Kier molecular flexibility index (Phi) is 7.62. The van der Waals surface area contributed by atoms with Crippen LogP contribution in [0.25, 0.3) is 0 Å². The second-order valence-electron chi connectivity index (χ2n) is 13.5. The highest BCUT2D eigenvalue weighted by Crippen LogP contribution is 2.74. The van der Waals surface area contributed by atoms with Crippen LogP contribution in [0.3, 0.4) is 0 Å². The lowest BCUT2D eigenvalue weighted by atomic mass is 9.36. The molecule has 0 saturated heterocycles. The van der Waals surface area contributed by atoms with Gasteiger partial charge in [0.2, 0.25) is 0 Å². The summed E-state index contributed by atoms with van der Waals surface area (Å²) in [6.07, 6.45) is 7.61. The average Bonchev–Trinajstić information content (AvgIpc) is 3.06. The molecule has 36 heavy (non-hydrogen) atoms. The largest absolute Gasteiger partial charge is 0.478 e. The Balaban J connectivity index is 1.80. The molecule has 4 saturated carbocycles. The van der Waals surface area contributed by atoms with E-state index in [1.165, 1.54) is 5.57 Å². The lowest BCUT2D eigenvalue weighted by Crippen LogP contribution is -2.65. The van der Waals surface area contributed by atoms with E-state index in [-0.39, 0.29) is 46.2 Å². The predicted octanol–water partition coefficient (Wildman–Crippen LogP) is 6.14. The van der Waals surface area contributed by atoms with E-state index in [0.29, 0.717) is 37.4 Å². The molecule has 204 valence electrons. The Bertz CT molecular complexity index is 918. The fourth-order valence-corrected chi connectivity index (χ4v) is 9.83. The van der Waals surface area contributed by atoms with Crippen LogP contribution < -0.4 is 0 Å². The summed E-state index contributed by atoms with van der Waals surface area (Å²) in [6, 6.07) is 0. The Hall–Kier alpha value is -1.17. The van der Waals surface area contributed by atoms with Gasteiger partial charge in [0.05, 0.1) is 18.3 Å². The van der Waals surface area contributed by atoms with Crippen LogP contribution in [0, 0.1) is 39.9 Å². The molecule has 0 amide bonds. The van der Waals surface area contributed by atoms with Gasteiger partial charge in [-0.2, -0.15) is 0 Å². The van der Waals surface area contributed by atoms with E-state index in [4.69, 9.17) is 4.74 Å². The van der Waals surface area contributed by atoms with Gasteiger partial charge in [-0.25, -0.2) is 4.79 Å². The lowest BCUT2D eigenvalue weighted by molar-refractivity contribution is -0.234. The fourth-order valence-electron chi connectivity index (χ4n) is 9.83. The first kappa shape index (κ1) is 27.9. The standard InChI is InChI=1S/C31H50O5/c1-8-36-25-17-31(7)22(26(25)20(28(34)35)11-9-10-18(2)3)16-24(33)27-29(5)14-13-23(32)19(4)21(29)12-15-30(27,31)6/h10,19,21-25,27,32-33H,8-9,11-17H2,1-7H3,(H,34,35)/b26-20-/t19-,21-,22-,23+,24+,25-,27-,29-,30-,31-/m0/s1. The molecular weight excluding hydrogens is 452 g/mol. The summed E-state index contributed by atoms with van der Waals surface area (Å²) in [6.45, 7) is 16.0. The van der Waals surface area contributed by atoms with Gasteiger partial charge in [0.1, 0.15) is 0 Å². The minimum absolute atomic E-state index is 0.00913. The maximum Gasteiger partial charge on any atom is 0.331 e. The number of carboxylic acid groups (broad SMARTS) is 1. The molecule has 0 aromatic carbocycles. The summed E-state index contributed by atoms with van der Waals surface area (Å²) >= 11 is 0. The van der Waals surface area contributed by atoms with E-state index in [9.17, 15) is 20.1 Å². The monoisotopic (exact) mass is 502 g/mol. The van der Waals surface area contributed by atoms with Crippen LogP contribution in [0.1, 0.15) is 99.8 Å². The van der Waals surface area contributed by atoms with Crippen molar-refractivity contribution in [3.05, 3.63) is 22.8 Å². The van der Waals surface area contributed by atoms with Crippen LogP contribution in [0.4, 0.5) is 0 Å². The van der Waals surface area contributed by atoms with Gasteiger partial charge in [-0.1, -0.05) is 39.3 Å². The maximum atomic E-state index is 12.6. The fraction of sp³-hybridized carbons (Fsp3) is 0.839. The second kappa shape index (κ2) is 9.85. The molecule has 4 aliphatic carbocycles. The van der Waals surface area contributed by atoms with Crippen molar-refractivity contribution < 1.29 is 24.9 Å². The molecule has 5 heteroatoms. The number of ether oxygens (including phenoxy) is 1. The Labute approximate surface area is 218 Å². The third kappa shape index (κ3) is 4.12. The van der Waals surface area contributed by atoms with Crippen molar-refractivity contribution in [3.63, 3.8) is 0 Å². The molecule has 0 aromatic heterocycles. The quantitative estimate of drug-likeness (QED) is 0.300. The molecule has 0 radical (unpaired) electrons. The van der Waals surface area contributed by atoms with Gasteiger partial charge in [-0.3, -0.25) is 0 Å². The second-order valence-corrected chi connectivity index (χ2v) is 13.5. The molecule has 0 bridgehead atoms. The molecular formula is C31H50O5. The van der Waals surface area contributed by atoms with Gasteiger partial charge < -0.3 is 20.1 Å². The van der Waals surface area contributed by atoms with Crippen molar-refractivity contribution >= 4 is 5.97 Å². The molecule has 3 N–H and O–H groups in total. The van der Waals surface area contributed by atoms with Crippen molar-refractivity contribution in [2.24, 2.45) is 39.9 Å². The van der Waals surface area contributed by atoms with E-state index in [1.807, 2.05) is 20.8 Å². The van der Waals surface area contributed by atoms with E-state index >= 15 is 0 Å². The minimum Gasteiger partial charge on any atom is -0.478 e. The summed E-state index contributed by atoms with van der Waals surface area (Å²) < 4.78 is 6.30. The van der Waals surface area contributed by atoms with Crippen molar-refractivity contribution in [1.82, 2.24) is 0 Å². The highest BCUT2D eigenvalue weighted by Gasteiger charge is 2.70. The Morgan fingerprint density at radius 3 is 2.39 bits per heavy atom. The SMILES string of the molecule is CCO[C@H]1C[C@@]2(C)[C@@H](C[C@@H](O)[C@H]3[C@@]4(C)CC[C@@H](O)[C@@H](C)[C@@H]4CC[C@@]32C)/C1=C(\CCC=C(C)C)C(=O)O. The number of rotatable bonds is 6. The first-order valence-electron chi connectivity index (χ1n) is 14.4. The number of hydrogen-bond donors (Lipinski definition) is 3. The minimum atomic E-state index is -0.839. The van der Waals surface area contributed by atoms with Crippen LogP contribution in [0.5, 0.6) is 0 Å². The van der Waals surface area contributed by atoms with Gasteiger partial charge in [-0.15, -0.1) is 0 Å². The van der Waals surface area contributed by atoms with Gasteiger partial charge in [-0.05, 0) is 118 Å². The molecule has 0 heterocycles. The van der Waals surface area contributed by atoms with Crippen LogP contribution in [0.2, 0.25) is 0 Å². The molecule has 0 aromatic rings. The number of allylic oxidation sites excluding steroid dienone is 2. The number of aliphatic carboxylic acids is 1. The summed E-state index contributed by atoms with van der Waals surface area (Å²) in [7, 11) is 0. The normalized spacial score (nSPS) is 47.4. The van der Waals surface area contributed by atoms with Gasteiger partial charge in [0.15, 0.2) is 0 Å². The maximum absolute atomic E-state index is 12.6. The molecule has 5 nitrogen and oxygen atoms in total. The van der Waals surface area contributed by atoms with Crippen LogP contribution in [-0.2, 0) is 9.53 Å². The number of carbonyl (C=O) groups is 1. The molecule has 4 aliphatic rings. The van der Waals surface area contributed by atoms with Crippen molar-refractivity contribution in [3.8, 4) is 0 Å². The highest BCUT2D eigenvalue weighted by molar-refractivity contribution is 5.88. The summed E-state index contributed by atoms with van der Waals surface area (Å²) in [5.74, 6) is -0.0363. The van der Waals surface area contributed by atoms with Crippen molar-refractivity contribution in [2.75, 3.05) is 6.61 Å². The van der Waals surface area contributed by atoms with E-state index in [1.54, 1.807) is 0 Å². The number of fused-ring (bicyclic) bond motifs is 5. The first-order chi connectivity index (χ1) is 16.8. The topological polar surface area (TPSA) is 87.0 Å². The molecule has 4 fully saturated rings. The zero-order chi connectivity index (χ0) is 26.6. The summed E-state index contributed by atoms with van der Waals surface area (Å²) in [5, 5.41) is 32.9. The zero-order valence-corrected chi connectivity index (χ0v) is 23.6. The molecule has 0 spiro atoms. The zero-order valence-electron chi connectivity index (χ0n) is 23.6. The molecule has 0 aliphatic heterocycles. The Morgan fingerprint density at radius 1 is 1.08 bits per heavy atom. The third-order valence-corrected chi connectivity index (χ3v) is 11.6. The number of carboxylic acids is 1. The van der Waals surface area contributed by atoms with Crippen molar-refractivity contribution in [1.29, 1.82) is 0 Å². The Morgan fingerprint density at radius 2 is 1.78 bits per heavy atom. The van der Waals surface area contributed by atoms with E-state index in [0.717, 1.165) is 37.7 Å². The highest BCUT2D eigenvalue weighted by atomic mass is 16.5. The van der Waals surface area contributed by atoms with Crippen molar-refractivity contribution in [2.45, 2.75) is 118 Å². The third-order valence-electron chi connectivity index (χ3n) is 11.6. The summed E-state index contributed by atoms with van der Waals surface area (Å²) in [5.41, 5.74) is 2.36. The first-order valence-corrected chi connectivity index (χ1v) is 14.4. The molecule has 4 rings (SSSR count). The molecule has 10 atom stereocenters. The van der Waals surface area contributed by atoms with Gasteiger partial charge in [0.25, 0.3) is 0 Å². The van der Waals surface area contributed by atoms with Gasteiger partial charge in [0, 0.05) is 12.2 Å². The van der Waals surface area contributed by atoms with Crippen LogP contribution >= 0.6 is 0 Å². The summed E-state index contributed by atoms with van der Waals surface area (Å²) in [4.78, 5) is 12.6. The number of aliphatic hydroxyl groups excluding tert-OH is 2. The predicted molar refractivity (Wildman–Crippen MR) is 142 cm³/mol. The van der Waals surface area contributed by atoms with E-state index in [2.05, 4.69) is 33.8 Å². The van der Waals surface area contributed by atoms with Crippen LogP contribution in [-0.4, -0.2) is 46.2 Å². The van der Waals surface area contributed by atoms with Gasteiger partial charge >= 0.3 is 5.97 Å². The number of hydrogen-bond acceptors (Lipinski definition) is 4. The lowest BCUT2D eigenvalue weighted by Gasteiger charge is -2.69. The smallest absolute Gasteiger partial charge is 0.331 e. The van der Waals surface area contributed by atoms with Crippen LogP contribution in [0.15, 0.2) is 22.8 Å². The molecule has 0 unspecified atom stereocenters. The average molecular weight is 503 g/mol. The van der Waals surface area contributed by atoms with E-state index < -0.39 is 12.1 Å².